The van der Waals surface area contributed by atoms with Gasteiger partial charge in [-0.25, -0.2) is 4.79 Å². The summed E-state index contributed by atoms with van der Waals surface area (Å²) in [6.07, 6.45) is 6.53. The van der Waals surface area contributed by atoms with Crippen molar-refractivity contribution in [1.29, 1.82) is 0 Å². The second-order valence-corrected chi connectivity index (χ2v) is 11.0. The summed E-state index contributed by atoms with van der Waals surface area (Å²) in [5.74, 6) is 3.29. The maximum absolute atomic E-state index is 13.5. The Morgan fingerprint density at radius 3 is 2.16 bits per heavy atom. The van der Waals surface area contributed by atoms with E-state index in [1.165, 1.54) is 5.56 Å². The minimum absolute atomic E-state index is 0.157. The summed E-state index contributed by atoms with van der Waals surface area (Å²) in [6.45, 7) is 6.34. The number of rotatable bonds is 17. The van der Waals surface area contributed by atoms with Crippen LogP contribution >= 0.6 is 0 Å². The Hall–Kier alpha value is -4.17. The molecule has 2 amide bonds. The second-order valence-electron chi connectivity index (χ2n) is 11.0. The molecular formula is C36H48N2O6. The van der Waals surface area contributed by atoms with E-state index < -0.39 is 0 Å². The van der Waals surface area contributed by atoms with Gasteiger partial charge in [0.25, 0.3) is 0 Å². The van der Waals surface area contributed by atoms with Gasteiger partial charge in [0.15, 0.2) is 11.5 Å². The largest absolute Gasteiger partial charge is 0.497 e. The normalized spacial score (nSPS) is 11.1. The number of methoxy groups -OCH3 is 5. The van der Waals surface area contributed by atoms with E-state index in [-0.39, 0.29) is 6.03 Å². The lowest BCUT2D eigenvalue weighted by Gasteiger charge is -2.25. The molecule has 0 unspecified atom stereocenters. The molecule has 3 aromatic rings. The molecule has 0 saturated carbocycles. The summed E-state index contributed by atoms with van der Waals surface area (Å²) in [6, 6.07) is 18.1. The van der Waals surface area contributed by atoms with Crippen molar-refractivity contribution in [3.05, 3.63) is 82.4 Å². The van der Waals surface area contributed by atoms with Gasteiger partial charge in [-0.05, 0) is 65.6 Å². The van der Waals surface area contributed by atoms with Crippen molar-refractivity contribution in [2.45, 2.75) is 39.7 Å². The van der Waals surface area contributed by atoms with Crippen LogP contribution in [0.15, 0.2) is 54.6 Å². The number of benzene rings is 3. The van der Waals surface area contributed by atoms with Crippen LogP contribution in [-0.4, -0.2) is 66.2 Å². The lowest BCUT2D eigenvalue weighted by molar-refractivity contribution is 0.165. The zero-order chi connectivity index (χ0) is 31.9. The monoisotopic (exact) mass is 604 g/mol. The van der Waals surface area contributed by atoms with Crippen LogP contribution in [0.1, 0.15) is 48.1 Å². The molecule has 0 atom stereocenters. The lowest BCUT2D eigenvalue weighted by Crippen LogP contribution is -2.41. The Bertz CT molecular complexity index is 1350. The molecule has 0 aliphatic carbocycles. The SMILES string of the molecule is COCCCN(Cc1c(/C=C/c2ccc(CC(C)C)cc2)cc(OC)cc1OC)C(=O)NCCc1ccc(OC)c(OC)c1. The van der Waals surface area contributed by atoms with Gasteiger partial charge in [-0.3, -0.25) is 0 Å². The van der Waals surface area contributed by atoms with Crippen molar-refractivity contribution in [2.24, 2.45) is 5.92 Å². The van der Waals surface area contributed by atoms with E-state index >= 15 is 0 Å². The standard InChI is InChI=1S/C36H48N2O6/c1-26(2)21-28-11-9-27(10-12-28)13-15-30-23-31(41-4)24-34(43-6)32(30)25-38(19-8-20-40-3)36(39)37-18-17-29-14-16-33(42-5)35(22-29)44-7/h9-16,22-24,26H,8,17-21,25H2,1-7H3,(H,37,39)/b15-13+. The van der Waals surface area contributed by atoms with Crippen molar-refractivity contribution in [3.63, 3.8) is 0 Å². The fourth-order valence-electron chi connectivity index (χ4n) is 4.99. The van der Waals surface area contributed by atoms with Gasteiger partial charge in [-0.15, -0.1) is 0 Å². The molecule has 0 aliphatic rings. The highest BCUT2D eigenvalue weighted by molar-refractivity contribution is 5.76. The minimum Gasteiger partial charge on any atom is -0.497 e. The molecule has 44 heavy (non-hydrogen) atoms. The van der Waals surface area contributed by atoms with Crippen LogP contribution in [0.3, 0.4) is 0 Å². The Morgan fingerprint density at radius 1 is 0.818 bits per heavy atom. The van der Waals surface area contributed by atoms with Crippen LogP contribution in [0.4, 0.5) is 4.79 Å². The fourth-order valence-corrected chi connectivity index (χ4v) is 4.99. The quantitative estimate of drug-likeness (QED) is 0.134. The highest BCUT2D eigenvalue weighted by Gasteiger charge is 2.19. The Labute approximate surface area is 262 Å². The number of urea groups is 1. The molecule has 3 aromatic carbocycles. The Morgan fingerprint density at radius 2 is 1.52 bits per heavy atom. The molecule has 1 N–H and O–H groups in total. The number of amides is 2. The molecular weight excluding hydrogens is 556 g/mol. The summed E-state index contributed by atoms with van der Waals surface area (Å²) in [5, 5.41) is 3.09. The van der Waals surface area contributed by atoms with Crippen LogP contribution in [0.2, 0.25) is 0 Å². The van der Waals surface area contributed by atoms with E-state index in [0.29, 0.717) is 68.0 Å². The number of carbonyl (C=O) groups is 1. The highest BCUT2D eigenvalue weighted by atomic mass is 16.5. The maximum atomic E-state index is 13.5. The number of nitrogens with one attached hydrogen (secondary N) is 1. The third kappa shape index (κ3) is 10.2. The molecule has 8 nitrogen and oxygen atoms in total. The Kier molecular flexibility index (Phi) is 13.9. The van der Waals surface area contributed by atoms with Crippen molar-refractivity contribution in [3.8, 4) is 23.0 Å². The summed E-state index contributed by atoms with van der Waals surface area (Å²) in [4.78, 5) is 15.3. The molecule has 0 saturated heterocycles. The van der Waals surface area contributed by atoms with Crippen LogP contribution in [0.25, 0.3) is 12.2 Å². The summed E-state index contributed by atoms with van der Waals surface area (Å²) in [7, 11) is 8.16. The summed E-state index contributed by atoms with van der Waals surface area (Å²) in [5.41, 5.74) is 5.27. The predicted octanol–water partition coefficient (Wildman–Crippen LogP) is 6.88. The maximum Gasteiger partial charge on any atom is 0.317 e. The van der Waals surface area contributed by atoms with Crippen LogP contribution in [0, 0.1) is 5.92 Å². The first-order chi connectivity index (χ1) is 21.3. The van der Waals surface area contributed by atoms with Crippen LogP contribution < -0.4 is 24.3 Å². The third-order valence-electron chi connectivity index (χ3n) is 7.30. The smallest absolute Gasteiger partial charge is 0.317 e. The first-order valence-electron chi connectivity index (χ1n) is 15.1. The van der Waals surface area contributed by atoms with Crippen molar-refractivity contribution < 1.29 is 28.5 Å². The van der Waals surface area contributed by atoms with Crippen molar-refractivity contribution in [1.82, 2.24) is 10.2 Å². The molecule has 238 valence electrons. The third-order valence-corrected chi connectivity index (χ3v) is 7.30. The topological polar surface area (TPSA) is 78.5 Å². The van der Waals surface area contributed by atoms with Gasteiger partial charge >= 0.3 is 6.03 Å². The van der Waals surface area contributed by atoms with E-state index in [2.05, 4.69) is 55.6 Å². The zero-order valence-corrected chi connectivity index (χ0v) is 27.3. The van der Waals surface area contributed by atoms with E-state index in [9.17, 15) is 4.79 Å². The van der Waals surface area contributed by atoms with Crippen molar-refractivity contribution >= 4 is 18.2 Å². The average Bonchev–Trinajstić information content (AvgIpc) is 3.03. The minimum atomic E-state index is -0.157. The number of carbonyl (C=O) groups excluding carboxylic acids is 1. The molecule has 0 heterocycles. The number of ether oxygens (including phenoxy) is 5. The molecule has 8 heteroatoms. The Balaban J connectivity index is 1.82. The summed E-state index contributed by atoms with van der Waals surface area (Å²) >= 11 is 0. The molecule has 0 bridgehead atoms. The summed E-state index contributed by atoms with van der Waals surface area (Å²) < 4.78 is 27.4. The first-order valence-corrected chi connectivity index (χ1v) is 15.1. The van der Waals surface area contributed by atoms with Gasteiger partial charge < -0.3 is 33.9 Å². The zero-order valence-electron chi connectivity index (χ0n) is 27.3. The van der Waals surface area contributed by atoms with Gasteiger partial charge in [-0.1, -0.05) is 56.3 Å². The van der Waals surface area contributed by atoms with E-state index in [4.69, 9.17) is 23.7 Å². The molecule has 0 spiro atoms. The molecule has 0 fully saturated rings. The van der Waals surface area contributed by atoms with Gasteiger partial charge in [-0.2, -0.15) is 0 Å². The van der Waals surface area contributed by atoms with Gasteiger partial charge in [0, 0.05) is 38.4 Å². The van der Waals surface area contributed by atoms with Gasteiger partial charge in [0.05, 0.1) is 35.0 Å². The lowest BCUT2D eigenvalue weighted by atomic mass is 10.0. The highest BCUT2D eigenvalue weighted by Crippen LogP contribution is 2.32. The molecule has 0 aromatic heterocycles. The molecule has 3 rings (SSSR count). The van der Waals surface area contributed by atoms with E-state index in [1.807, 2.05) is 30.3 Å². The average molecular weight is 605 g/mol. The van der Waals surface area contributed by atoms with Gasteiger partial charge in [0.2, 0.25) is 0 Å². The van der Waals surface area contributed by atoms with Crippen LogP contribution in [0.5, 0.6) is 23.0 Å². The van der Waals surface area contributed by atoms with Crippen molar-refractivity contribution in [2.75, 3.05) is 55.2 Å². The van der Waals surface area contributed by atoms with Crippen LogP contribution in [-0.2, 0) is 24.1 Å². The van der Waals surface area contributed by atoms with E-state index in [0.717, 1.165) is 28.7 Å². The first kappa shape index (κ1) is 34.3. The number of nitrogens with zero attached hydrogens (tertiary/aromatic N) is 1. The van der Waals surface area contributed by atoms with Gasteiger partial charge in [0.1, 0.15) is 11.5 Å². The predicted molar refractivity (Wildman–Crippen MR) is 177 cm³/mol. The molecule has 0 radical (unpaired) electrons. The van der Waals surface area contributed by atoms with E-state index in [1.54, 1.807) is 40.4 Å². The second kappa shape index (κ2) is 17.8. The number of hydrogen-bond donors (Lipinski definition) is 1. The fraction of sp³-hybridized carbons (Fsp3) is 0.417. The number of hydrogen-bond acceptors (Lipinski definition) is 6. The molecule has 0 aliphatic heterocycles.